The van der Waals surface area contributed by atoms with Gasteiger partial charge in [-0.05, 0) is 25.5 Å². The second kappa shape index (κ2) is 6.51. The Balaban J connectivity index is 0.00000225. The summed E-state index contributed by atoms with van der Waals surface area (Å²) in [6.45, 7) is 8.53. The first-order valence-electron chi connectivity index (χ1n) is 4.79. The van der Waals surface area contributed by atoms with E-state index >= 15 is 0 Å². The summed E-state index contributed by atoms with van der Waals surface area (Å²) in [5, 5.41) is 4.53. The molecule has 0 saturated heterocycles. The average molecular weight is 281 g/mol. The first-order valence-corrected chi connectivity index (χ1v) is 5.55. The molecule has 0 radical (unpaired) electrons. The molecule has 0 atom stereocenters. The highest BCUT2D eigenvalue weighted by Gasteiger charge is 2.22. The van der Waals surface area contributed by atoms with Crippen molar-refractivity contribution < 1.29 is 0 Å². The van der Waals surface area contributed by atoms with Crippen molar-refractivity contribution in [1.82, 2.24) is 5.32 Å². The minimum absolute atomic E-state index is 0. The van der Waals surface area contributed by atoms with Gasteiger partial charge in [-0.3, -0.25) is 0 Å². The van der Waals surface area contributed by atoms with Crippen molar-refractivity contribution in [3.8, 4) is 0 Å². The molecule has 0 amide bonds. The van der Waals surface area contributed by atoms with Crippen LogP contribution >= 0.6 is 35.6 Å². The number of hydrogen-bond donors (Lipinski definition) is 1. The molecular weight excluding hydrogens is 264 g/mol. The average Bonchev–Trinajstić information content (AvgIpc) is 2.19. The Bertz CT molecular complexity index is 361. The Hall–Kier alpha value is -0.210. The summed E-state index contributed by atoms with van der Waals surface area (Å²) >= 11 is 12.1. The Morgan fingerprint density at radius 2 is 2.00 bits per heavy atom. The van der Waals surface area contributed by atoms with Crippen LogP contribution in [-0.4, -0.2) is 6.54 Å². The molecule has 90 valence electrons. The van der Waals surface area contributed by atoms with Gasteiger partial charge in [0.1, 0.15) is 0 Å². The molecule has 1 aromatic rings. The van der Waals surface area contributed by atoms with Crippen molar-refractivity contribution >= 4 is 35.6 Å². The van der Waals surface area contributed by atoms with Crippen LogP contribution in [0, 0.1) is 0 Å². The maximum Gasteiger partial charge on any atom is 0.0642 e. The van der Waals surface area contributed by atoms with E-state index in [0.29, 0.717) is 10.0 Å². The zero-order valence-corrected chi connectivity index (χ0v) is 11.7. The molecule has 0 aliphatic carbocycles. The molecule has 0 unspecified atom stereocenters. The molecule has 0 aliphatic heterocycles. The summed E-state index contributed by atoms with van der Waals surface area (Å²) in [7, 11) is 0. The third-order valence-electron chi connectivity index (χ3n) is 2.31. The van der Waals surface area contributed by atoms with Crippen LogP contribution in [0.3, 0.4) is 0 Å². The van der Waals surface area contributed by atoms with Gasteiger partial charge in [0.2, 0.25) is 0 Å². The molecule has 0 bridgehead atoms. The van der Waals surface area contributed by atoms with E-state index in [2.05, 4.69) is 25.7 Å². The van der Waals surface area contributed by atoms with Crippen LogP contribution in [0.4, 0.5) is 0 Å². The third kappa shape index (κ3) is 3.67. The summed E-state index contributed by atoms with van der Waals surface area (Å²) < 4.78 is 0. The summed E-state index contributed by atoms with van der Waals surface area (Å²) in [4.78, 5) is 0. The molecule has 1 N–H and O–H groups in total. The summed E-state index contributed by atoms with van der Waals surface area (Å²) in [6.07, 6.45) is 1.82. The predicted octanol–water partition coefficient (Wildman–Crippen LogP) is 4.43. The van der Waals surface area contributed by atoms with E-state index in [1.165, 1.54) is 0 Å². The maximum atomic E-state index is 6.16. The summed E-state index contributed by atoms with van der Waals surface area (Å²) in [5.74, 6) is 0. The lowest BCUT2D eigenvalue weighted by Crippen LogP contribution is -2.36. The normalized spacial score (nSPS) is 10.8. The lowest BCUT2D eigenvalue weighted by atomic mass is 9.94. The van der Waals surface area contributed by atoms with Gasteiger partial charge in [0, 0.05) is 12.1 Å². The van der Waals surface area contributed by atoms with Gasteiger partial charge in [0.05, 0.1) is 10.0 Å². The van der Waals surface area contributed by atoms with Gasteiger partial charge in [-0.15, -0.1) is 19.0 Å². The fourth-order valence-electron chi connectivity index (χ4n) is 1.41. The third-order valence-corrected chi connectivity index (χ3v) is 3.13. The quantitative estimate of drug-likeness (QED) is 0.805. The maximum absolute atomic E-state index is 6.16. The van der Waals surface area contributed by atoms with Crippen molar-refractivity contribution in [2.75, 3.05) is 6.54 Å². The number of benzene rings is 1. The van der Waals surface area contributed by atoms with E-state index in [0.717, 1.165) is 12.1 Å². The second-order valence-corrected chi connectivity index (χ2v) is 4.68. The molecule has 4 heteroatoms. The minimum Gasteiger partial charge on any atom is -0.304 e. The number of rotatable bonds is 4. The second-order valence-electron chi connectivity index (χ2n) is 3.90. The molecule has 0 aliphatic rings. The van der Waals surface area contributed by atoms with Gasteiger partial charge >= 0.3 is 0 Å². The Kier molecular flexibility index (Phi) is 6.42. The van der Waals surface area contributed by atoms with Crippen LogP contribution in [0.1, 0.15) is 19.4 Å². The Morgan fingerprint density at radius 3 is 2.56 bits per heavy atom. The van der Waals surface area contributed by atoms with E-state index in [9.17, 15) is 0 Å². The van der Waals surface area contributed by atoms with E-state index in [4.69, 9.17) is 23.2 Å². The van der Waals surface area contributed by atoms with E-state index in [-0.39, 0.29) is 17.9 Å². The molecule has 0 spiro atoms. The van der Waals surface area contributed by atoms with Crippen LogP contribution in [0.2, 0.25) is 10.0 Å². The SMILES string of the molecule is C=CCNC(C)(C)c1cccc(Cl)c1Cl.Cl. The first kappa shape index (κ1) is 15.8. The standard InChI is InChI=1S/C12H15Cl2N.ClH/c1-4-8-15-12(2,3)9-6-5-7-10(13)11(9)14;/h4-7,15H,1,8H2,2-3H3;1H. The molecule has 0 fully saturated rings. The Morgan fingerprint density at radius 1 is 1.38 bits per heavy atom. The number of halogens is 3. The van der Waals surface area contributed by atoms with Crippen molar-refractivity contribution in [1.29, 1.82) is 0 Å². The van der Waals surface area contributed by atoms with Gasteiger partial charge in [0.15, 0.2) is 0 Å². The summed E-state index contributed by atoms with van der Waals surface area (Å²) in [5.41, 5.74) is 0.786. The molecule has 1 aromatic carbocycles. The topological polar surface area (TPSA) is 12.0 Å². The van der Waals surface area contributed by atoms with Crippen LogP contribution in [0.25, 0.3) is 0 Å². The largest absolute Gasteiger partial charge is 0.304 e. The molecule has 0 heterocycles. The van der Waals surface area contributed by atoms with Crippen molar-refractivity contribution in [3.63, 3.8) is 0 Å². The Labute approximate surface area is 113 Å². The van der Waals surface area contributed by atoms with Crippen molar-refractivity contribution in [3.05, 3.63) is 46.5 Å². The molecule has 1 nitrogen and oxygen atoms in total. The number of hydrogen-bond acceptors (Lipinski definition) is 1. The van der Waals surface area contributed by atoms with E-state index in [1.54, 1.807) is 6.07 Å². The highest BCUT2D eigenvalue weighted by Crippen LogP contribution is 2.32. The molecule has 0 aromatic heterocycles. The molecule has 0 saturated carbocycles. The highest BCUT2D eigenvalue weighted by atomic mass is 35.5. The zero-order chi connectivity index (χ0) is 11.5. The van der Waals surface area contributed by atoms with Crippen LogP contribution in [0.15, 0.2) is 30.9 Å². The molecule has 1 rings (SSSR count). The zero-order valence-electron chi connectivity index (χ0n) is 9.39. The predicted molar refractivity (Wildman–Crippen MR) is 74.9 cm³/mol. The summed E-state index contributed by atoms with van der Waals surface area (Å²) in [6, 6.07) is 5.67. The van der Waals surface area contributed by atoms with Gasteiger partial charge < -0.3 is 5.32 Å². The lowest BCUT2D eigenvalue weighted by Gasteiger charge is -2.27. The van der Waals surface area contributed by atoms with Gasteiger partial charge in [-0.2, -0.15) is 0 Å². The lowest BCUT2D eigenvalue weighted by molar-refractivity contribution is 0.426. The first-order chi connectivity index (χ1) is 6.99. The van der Waals surface area contributed by atoms with Gasteiger partial charge in [-0.1, -0.05) is 41.4 Å². The number of nitrogens with one attached hydrogen (secondary N) is 1. The van der Waals surface area contributed by atoms with Crippen LogP contribution < -0.4 is 5.32 Å². The fourth-order valence-corrected chi connectivity index (χ4v) is 1.95. The van der Waals surface area contributed by atoms with Crippen molar-refractivity contribution in [2.24, 2.45) is 0 Å². The van der Waals surface area contributed by atoms with E-state index in [1.807, 2.05) is 18.2 Å². The fraction of sp³-hybridized carbons (Fsp3) is 0.333. The van der Waals surface area contributed by atoms with Gasteiger partial charge in [-0.25, -0.2) is 0 Å². The molecular formula is C12H16Cl3N. The smallest absolute Gasteiger partial charge is 0.0642 e. The molecule has 16 heavy (non-hydrogen) atoms. The highest BCUT2D eigenvalue weighted by molar-refractivity contribution is 6.42. The van der Waals surface area contributed by atoms with Gasteiger partial charge in [0.25, 0.3) is 0 Å². The van der Waals surface area contributed by atoms with E-state index < -0.39 is 0 Å². The minimum atomic E-state index is -0.212. The van der Waals surface area contributed by atoms with Crippen LogP contribution in [0.5, 0.6) is 0 Å². The monoisotopic (exact) mass is 279 g/mol. The van der Waals surface area contributed by atoms with Crippen molar-refractivity contribution in [2.45, 2.75) is 19.4 Å². The van der Waals surface area contributed by atoms with Crippen LogP contribution in [-0.2, 0) is 5.54 Å².